The zero-order valence-corrected chi connectivity index (χ0v) is 42.1. The summed E-state index contributed by atoms with van der Waals surface area (Å²) in [5.41, 5.74) is 11.1. The molecule has 23 heteroatoms. The lowest BCUT2D eigenvalue weighted by Gasteiger charge is -2.30. The Hall–Kier alpha value is -5.42. The Morgan fingerprint density at radius 2 is 0.926 bits per heavy atom. The number of rotatable bonds is 32. The highest BCUT2D eigenvalue weighted by Crippen LogP contribution is 2.13. The fraction of sp³-hybridized carbons (Fsp3) is 0.778. The number of amides is 9. The second-order valence-corrected chi connectivity index (χ2v) is 18.9. The van der Waals surface area contributed by atoms with Gasteiger partial charge in [0.05, 0.1) is 19.2 Å². The van der Waals surface area contributed by atoms with E-state index in [1.807, 2.05) is 20.8 Å². The van der Waals surface area contributed by atoms with Gasteiger partial charge in [-0.3, -0.25) is 43.2 Å². The number of aliphatic hydroxyl groups excluding tert-OH is 1. The number of aliphatic hydroxyl groups is 1. The van der Waals surface area contributed by atoms with Crippen LogP contribution in [0, 0.1) is 29.6 Å². The summed E-state index contributed by atoms with van der Waals surface area (Å²) in [4.78, 5) is 131. The van der Waals surface area contributed by atoms with Crippen molar-refractivity contribution < 1.29 is 58.2 Å². The number of carbonyl (C=O) groups is 10. The maximum absolute atomic E-state index is 14.0. The molecule has 390 valence electrons. The van der Waals surface area contributed by atoms with Gasteiger partial charge < -0.3 is 69.5 Å². The number of hydrogen-bond acceptors (Lipinski definition) is 13. The molecule has 0 aliphatic heterocycles. The van der Waals surface area contributed by atoms with E-state index < -0.39 is 132 Å². The monoisotopic (exact) mass is 970 g/mol. The Bertz CT molecular complexity index is 1690. The molecule has 0 aliphatic carbocycles. The van der Waals surface area contributed by atoms with Gasteiger partial charge in [0, 0.05) is 0 Å². The third-order valence-corrected chi connectivity index (χ3v) is 11.0. The molecule has 0 radical (unpaired) electrons. The normalized spacial score (nSPS) is 15.8. The molecular formula is C45H83N11O12. The maximum Gasteiger partial charge on any atom is 0.328 e. The number of unbranched alkanes of at least 4 members (excludes halogenated alkanes) is 1. The van der Waals surface area contributed by atoms with Crippen LogP contribution in [0.4, 0.5) is 0 Å². The van der Waals surface area contributed by atoms with Gasteiger partial charge in [-0.15, -0.1) is 0 Å². The fourth-order valence-corrected chi connectivity index (χ4v) is 6.78. The van der Waals surface area contributed by atoms with Crippen LogP contribution in [0.2, 0.25) is 0 Å². The van der Waals surface area contributed by atoms with Crippen LogP contribution in [-0.2, 0) is 47.9 Å². The summed E-state index contributed by atoms with van der Waals surface area (Å²) in [6.45, 7) is 19.5. The summed E-state index contributed by atoms with van der Waals surface area (Å²) in [5, 5.41) is 42.5. The van der Waals surface area contributed by atoms with Crippen LogP contribution >= 0.6 is 0 Å². The molecule has 0 heterocycles. The number of aliphatic carboxylic acids is 1. The van der Waals surface area contributed by atoms with E-state index in [4.69, 9.17) is 11.5 Å². The standard InChI is InChI=1S/C45H83N11O12/c1-13-26(10)36(53-32(58)20-47)42(64)48-21-33(59)49-27(11)38(60)54-34(24(6)7)43(65)51-30(18-22(2)3)40(62)50-29(16-14-15-17-46)39(61)55-35(25(8)9)44(66)52-31(19-23(4)5)41(63)56-37(28(12)57)45(67)68/h22-31,34-37,57H,13-21,46-47H2,1-12H3,(H,48,64)(H,49,59)(H,50,62)(H,51,65)(H,52,66)(H,53,58)(H,54,60)(H,55,61)(H,56,63)(H,67,68)/t26-,27-,28+,29-,30-,31-,34-,35-,36-,37-/m0/s1. The van der Waals surface area contributed by atoms with E-state index in [1.165, 1.54) is 13.8 Å². The van der Waals surface area contributed by atoms with Crippen LogP contribution in [0.1, 0.15) is 122 Å². The van der Waals surface area contributed by atoms with Crippen LogP contribution in [0.25, 0.3) is 0 Å². The van der Waals surface area contributed by atoms with E-state index in [9.17, 15) is 58.2 Å². The molecule has 0 aromatic rings. The topological polar surface area (TPSA) is 371 Å². The van der Waals surface area contributed by atoms with Crippen molar-refractivity contribution in [2.75, 3.05) is 19.6 Å². The third kappa shape index (κ3) is 23.1. The maximum atomic E-state index is 14.0. The highest BCUT2D eigenvalue weighted by molar-refractivity contribution is 5.98. The van der Waals surface area contributed by atoms with E-state index >= 15 is 0 Å². The molecule has 0 aliphatic rings. The predicted octanol–water partition coefficient (Wildman–Crippen LogP) is -2.00. The summed E-state index contributed by atoms with van der Waals surface area (Å²) < 4.78 is 0. The number of carboxylic acid groups (broad SMARTS) is 1. The molecule has 0 fully saturated rings. The smallest absolute Gasteiger partial charge is 0.328 e. The molecular weight excluding hydrogens is 887 g/mol. The lowest BCUT2D eigenvalue weighted by molar-refractivity contribution is -0.145. The number of nitrogens with one attached hydrogen (secondary N) is 9. The Morgan fingerprint density at radius 1 is 0.485 bits per heavy atom. The molecule has 15 N–H and O–H groups in total. The van der Waals surface area contributed by atoms with E-state index in [-0.39, 0.29) is 43.6 Å². The van der Waals surface area contributed by atoms with Gasteiger partial charge >= 0.3 is 5.97 Å². The van der Waals surface area contributed by atoms with E-state index in [0.29, 0.717) is 25.8 Å². The van der Waals surface area contributed by atoms with Crippen molar-refractivity contribution in [3.05, 3.63) is 0 Å². The summed E-state index contributed by atoms with van der Waals surface area (Å²) in [6.07, 6.45) is 0.311. The quantitative estimate of drug-likeness (QED) is 0.0325. The van der Waals surface area contributed by atoms with Crippen molar-refractivity contribution in [3.63, 3.8) is 0 Å². The number of carboxylic acids is 1. The predicted molar refractivity (Wildman–Crippen MR) is 253 cm³/mol. The van der Waals surface area contributed by atoms with Crippen molar-refractivity contribution in [1.29, 1.82) is 0 Å². The zero-order valence-electron chi connectivity index (χ0n) is 42.1. The second kappa shape index (κ2) is 31.6. The van der Waals surface area contributed by atoms with Gasteiger partial charge in [0.1, 0.15) is 42.3 Å². The first-order valence-corrected chi connectivity index (χ1v) is 23.6. The minimum Gasteiger partial charge on any atom is -0.480 e. The molecule has 0 aromatic heterocycles. The molecule has 68 heavy (non-hydrogen) atoms. The number of carbonyl (C=O) groups excluding carboxylic acids is 9. The first-order chi connectivity index (χ1) is 31.6. The molecule has 0 saturated carbocycles. The molecule has 9 amide bonds. The van der Waals surface area contributed by atoms with Gasteiger partial charge in [-0.05, 0) is 82.1 Å². The average molecular weight is 970 g/mol. The Balaban J connectivity index is 6.19. The summed E-state index contributed by atoms with van der Waals surface area (Å²) >= 11 is 0. The highest BCUT2D eigenvalue weighted by atomic mass is 16.4. The highest BCUT2D eigenvalue weighted by Gasteiger charge is 2.36. The molecule has 0 unspecified atom stereocenters. The molecule has 10 atom stereocenters. The van der Waals surface area contributed by atoms with Crippen LogP contribution < -0.4 is 59.3 Å². The van der Waals surface area contributed by atoms with Crippen molar-refractivity contribution in [2.45, 2.75) is 176 Å². The van der Waals surface area contributed by atoms with Crippen LogP contribution in [0.3, 0.4) is 0 Å². The molecule has 0 saturated heterocycles. The van der Waals surface area contributed by atoms with Gasteiger partial charge in [-0.1, -0.05) is 75.7 Å². The molecule has 0 aromatic carbocycles. The molecule has 0 rings (SSSR count). The molecule has 23 nitrogen and oxygen atoms in total. The minimum absolute atomic E-state index is 0.0963. The van der Waals surface area contributed by atoms with Crippen molar-refractivity contribution in [3.8, 4) is 0 Å². The zero-order chi connectivity index (χ0) is 52.6. The van der Waals surface area contributed by atoms with Gasteiger partial charge in [-0.25, -0.2) is 4.79 Å². The molecule has 0 spiro atoms. The SMILES string of the molecule is CC[C@H](C)[C@H](NC(=O)CN)C(=O)NCC(=O)N[C@@H](C)C(=O)N[C@H](C(=O)N[C@@H](CC(C)C)C(=O)N[C@@H](CCCCN)C(=O)N[C@H](C(=O)N[C@@H](CC(C)C)C(=O)N[C@H](C(=O)O)[C@@H](C)O)C(C)C)C(C)C. The summed E-state index contributed by atoms with van der Waals surface area (Å²) in [6, 6.07) is -9.81. The first-order valence-electron chi connectivity index (χ1n) is 23.6. The average Bonchev–Trinajstić information content (AvgIpc) is 3.24. The van der Waals surface area contributed by atoms with Crippen molar-refractivity contribution >= 4 is 59.1 Å². The lowest BCUT2D eigenvalue weighted by atomic mass is 9.98. The first kappa shape index (κ1) is 62.6. The van der Waals surface area contributed by atoms with Crippen molar-refractivity contribution in [2.24, 2.45) is 41.1 Å². The van der Waals surface area contributed by atoms with E-state index in [1.54, 1.807) is 48.5 Å². The largest absolute Gasteiger partial charge is 0.480 e. The summed E-state index contributed by atoms with van der Waals surface area (Å²) in [7, 11) is 0. The fourth-order valence-electron chi connectivity index (χ4n) is 6.78. The number of nitrogens with two attached hydrogens (primary N) is 2. The second-order valence-electron chi connectivity index (χ2n) is 18.9. The lowest BCUT2D eigenvalue weighted by Crippen LogP contribution is -2.61. The van der Waals surface area contributed by atoms with Crippen molar-refractivity contribution in [1.82, 2.24) is 47.9 Å². The Morgan fingerprint density at radius 3 is 1.34 bits per heavy atom. The Kier molecular flexibility index (Phi) is 29.1. The van der Waals surface area contributed by atoms with E-state index in [0.717, 1.165) is 0 Å². The Labute approximate surface area is 401 Å². The third-order valence-electron chi connectivity index (χ3n) is 11.0. The van der Waals surface area contributed by atoms with Gasteiger partial charge in [0.2, 0.25) is 53.2 Å². The van der Waals surface area contributed by atoms with Crippen LogP contribution in [-0.4, -0.2) is 143 Å². The number of hydrogen-bond donors (Lipinski definition) is 13. The minimum atomic E-state index is -1.64. The summed E-state index contributed by atoms with van der Waals surface area (Å²) in [5.74, 6) is -9.48. The van der Waals surface area contributed by atoms with Crippen LogP contribution in [0.15, 0.2) is 0 Å². The van der Waals surface area contributed by atoms with Crippen LogP contribution in [0.5, 0.6) is 0 Å². The molecule has 0 bridgehead atoms. The van der Waals surface area contributed by atoms with Gasteiger partial charge in [0.15, 0.2) is 6.04 Å². The van der Waals surface area contributed by atoms with E-state index in [2.05, 4.69) is 47.9 Å². The van der Waals surface area contributed by atoms with Gasteiger partial charge in [-0.2, -0.15) is 0 Å². The van der Waals surface area contributed by atoms with Gasteiger partial charge in [0.25, 0.3) is 0 Å².